The minimum absolute atomic E-state index is 0.647. The van der Waals surface area contributed by atoms with Crippen LogP contribution < -0.4 is 0 Å². The van der Waals surface area contributed by atoms with E-state index in [1.54, 1.807) is 0 Å². The second-order valence-electron chi connectivity index (χ2n) is 15.7. The van der Waals surface area contributed by atoms with E-state index >= 15 is 0 Å². The van der Waals surface area contributed by atoms with Gasteiger partial charge >= 0.3 is 0 Å². The molecule has 12 aromatic rings. The van der Waals surface area contributed by atoms with E-state index in [0.29, 0.717) is 11.4 Å². The van der Waals surface area contributed by atoms with Crippen LogP contribution in [0.2, 0.25) is 0 Å². The molecular formula is C58H36N2O. The normalized spacial score (nSPS) is 11.6. The summed E-state index contributed by atoms with van der Waals surface area (Å²) in [5.74, 6) is 0.647. The van der Waals surface area contributed by atoms with Crippen molar-refractivity contribution in [3.63, 3.8) is 0 Å². The highest BCUT2D eigenvalue weighted by Gasteiger charge is 2.20. The highest BCUT2D eigenvalue weighted by atomic mass is 16.3. The van der Waals surface area contributed by atoms with E-state index < -0.39 is 0 Å². The molecule has 0 amide bonds. The maximum Gasteiger partial charge on any atom is 0.180 e. The molecule has 2 aromatic heterocycles. The molecule has 0 spiro atoms. The van der Waals surface area contributed by atoms with E-state index in [0.717, 1.165) is 66.7 Å². The van der Waals surface area contributed by atoms with Gasteiger partial charge in [-0.3, -0.25) is 0 Å². The van der Waals surface area contributed by atoms with Gasteiger partial charge in [-0.25, -0.2) is 9.97 Å². The third-order valence-electron chi connectivity index (χ3n) is 12.1. The van der Waals surface area contributed by atoms with E-state index in [1.807, 2.05) is 12.1 Å². The molecule has 0 fully saturated rings. The van der Waals surface area contributed by atoms with Crippen molar-refractivity contribution in [3.05, 3.63) is 218 Å². The Morgan fingerprint density at radius 3 is 1.28 bits per heavy atom. The summed E-state index contributed by atoms with van der Waals surface area (Å²) in [6.07, 6.45) is 0. The van der Waals surface area contributed by atoms with Gasteiger partial charge in [-0.1, -0.05) is 182 Å². The van der Waals surface area contributed by atoms with Crippen molar-refractivity contribution in [2.45, 2.75) is 0 Å². The van der Waals surface area contributed by atoms with Crippen molar-refractivity contribution in [2.24, 2.45) is 0 Å². The van der Waals surface area contributed by atoms with Gasteiger partial charge in [0.2, 0.25) is 0 Å². The van der Waals surface area contributed by atoms with Gasteiger partial charge in [0.25, 0.3) is 0 Å². The molecule has 0 N–H and O–H groups in total. The van der Waals surface area contributed by atoms with Crippen molar-refractivity contribution in [3.8, 4) is 67.2 Å². The number of nitrogens with zero attached hydrogens (tertiary/aromatic N) is 2. The average Bonchev–Trinajstić information content (AvgIpc) is 3.72. The molecule has 61 heavy (non-hydrogen) atoms. The molecule has 0 aliphatic rings. The quantitative estimate of drug-likeness (QED) is 0.158. The van der Waals surface area contributed by atoms with Crippen LogP contribution in [0.5, 0.6) is 0 Å². The highest BCUT2D eigenvalue weighted by Crippen LogP contribution is 2.41. The molecule has 0 bridgehead atoms. The third kappa shape index (κ3) is 6.06. The smallest absolute Gasteiger partial charge is 0.180 e. The van der Waals surface area contributed by atoms with E-state index in [-0.39, 0.29) is 0 Å². The molecule has 10 aromatic carbocycles. The monoisotopic (exact) mass is 776 g/mol. The topological polar surface area (TPSA) is 38.9 Å². The van der Waals surface area contributed by atoms with Crippen LogP contribution in [0, 0.1) is 0 Å². The largest absolute Gasteiger partial charge is 0.452 e. The average molecular weight is 777 g/mol. The number of hydrogen-bond donors (Lipinski definition) is 0. The van der Waals surface area contributed by atoms with Crippen molar-refractivity contribution in [1.29, 1.82) is 0 Å². The number of hydrogen-bond acceptors (Lipinski definition) is 3. The summed E-state index contributed by atoms with van der Waals surface area (Å²) in [5.41, 5.74) is 14.0. The Morgan fingerprint density at radius 2 is 0.672 bits per heavy atom. The van der Waals surface area contributed by atoms with Gasteiger partial charge < -0.3 is 4.42 Å². The number of aromatic nitrogens is 2. The lowest BCUT2D eigenvalue weighted by atomic mass is 9.92. The molecule has 0 atom stereocenters. The van der Waals surface area contributed by atoms with Crippen molar-refractivity contribution in [1.82, 2.24) is 9.97 Å². The highest BCUT2D eigenvalue weighted by molar-refractivity contribution is 6.25. The Morgan fingerprint density at radius 1 is 0.262 bits per heavy atom. The van der Waals surface area contributed by atoms with Crippen LogP contribution in [0.25, 0.3) is 122 Å². The lowest BCUT2D eigenvalue weighted by Gasteiger charge is -2.12. The van der Waals surface area contributed by atoms with Crippen molar-refractivity contribution >= 4 is 54.4 Å². The van der Waals surface area contributed by atoms with Crippen LogP contribution in [0.3, 0.4) is 0 Å². The first-order valence-corrected chi connectivity index (χ1v) is 20.7. The lowest BCUT2D eigenvalue weighted by molar-refractivity contribution is 0.667. The zero-order valence-electron chi connectivity index (χ0n) is 33.1. The molecule has 3 nitrogen and oxygen atoms in total. The maximum absolute atomic E-state index is 6.83. The number of rotatable bonds is 6. The number of fused-ring (bicyclic) bond motifs is 9. The van der Waals surface area contributed by atoms with Gasteiger partial charge in [0, 0.05) is 16.5 Å². The molecule has 0 saturated heterocycles. The van der Waals surface area contributed by atoms with Crippen LogP contribution in [0.1, 0.15) is 0 Å². The zero-order chi connectivity index (χ0) is 40.3. The van der Waals surface area contributed by atoms with Gasteiger partial charge in [0.1, 0.15) is 16.8 Å². The fraction of sp³-hybridized carbons (Fsp3) is 0. The summed E-state index contributed by atoms with van der Waals surface area (Å²) in [6, 6.07) is 77.6. The Bertz CT molecular complexity index is 3610. The van der Waals surface area contributed by atoms with Crippen molar-refractivity contribution in [2.75, 3.05) is 0 Å². The number of benzene rings is 10. The van der Waals surface area contributed by atoms with Crippen LogP contribution >= 0.6 is 0 Å². The van der Waals surface area contributed by atoms with Gasteiger partial charge in [0.15, 0.2) is 11.4 Å². The third-order valence-corrected chi connectivity index (χ3v) is 12.1. The Balaban J connectivity index is 1.02. The molecule has 0 unspecified atom stereocenters. The minimum Gasteiger partial charge on any atom is -0.452 e. The van der Waals surface area contributed by atoms with Gasteiger partial charge in [-0.05, 0) is 113 Å². The fourth-order valence-corrected chi connectivity index (χ4v) is 9.06. The second kappa shape index (κ2) is 14.3. The maximum atomic E-state index is 6.83. The van der Waals surface area contributed by atoms with Crippen LogP contribution in [-0.2, 0) is 0 Å². The predicted octanol–water partition coefficient (Wildman–Crippen LogP) is 15.8. The minimum atomic E-state index is 0.647. The number of furan rings is 1. The summed E-state index contributed by atoms with van der Waals surface area (Å²) in [7, 11) is 0. The van der Waals surface area contributed by atoms with Gasteiger partial charge in [-0.2, -0.15) is 0 Å². The molecule has 0 aliphatic carbocycles. The zero-order valence-corrected chi connectivity index (χ0v) is 33.1. The Kier molecular flexibility index (Phi) is 8.17. The van der Waals surface area contributed by atoms with Crippen LogP contribution in [-0.4, -0.2) is 9.97 Å². The lowest BCUT2D eigenvalue weighted by Crippen LogP contribution is -1.94. The summed E-state index contributed by atoms with van der Waals surface area (Å²) in [6.45, 7) is 0. The van der Waals surface area contributed by atoms with E-state index in [4.69, 9.17) is 14.4 Å². The molecule has 0 saturated carbocycles. The summed E-state index contributed by atoms with van der Waals surface area (Å²) in [4.78, 5) is 10.7. The Labute approximate surface area is 352 Å². The first-order valence-electron chi connectivity index (χ1n) is 20.7. The van der Waals surface area contributed by atoms with E-state index in [9.17, 15) is 0 Å². The molecular weight excluding hydrogens is 741 g/mol. The standard InChI is InChI=1S/C58H36N2O/c1-3-14-37(15-4-1)39-18-11-20-41(32-39)44-29-31-52-54(36-44)61-57-55(45-22-12-19-40(33-45)38-16-5-2-6-17-38)59-58(60-56(52)57)46-23-13-21-42(34-46)43-28-30-51-49-26-8-7-24-47(49)48-25-9-10-27-50(48)53(51)35-43/h1-36H. The van der Waals surface area contributed by atoms with E-state index in [2.05, 4.69) is 206 Å². The second-order valence-corrected chi connectivity index (χ2v) is 15.7. The van der Waals surface area contributed by atoms with Crippen LogP contribution in [0.15, 0.2) is 223 Å². The molecule has 0 radical (unpaired) electrons. The molecule has 2 heterocycles. The summed E-state index contributed by atoms with van der Waals surface area (Å²) >= 11 is 0. The van der Waals surface area contributed by atoms with Crippen molar-refractivity contribution < 1.29 is 4.42 Å². The van der Waals surface area contributed by atoms with Crippen LogP contribution in [0.4, 0.5) is 0 Å². The SMILES string of the molecule is c1ccc(-c2cccc(-c3ccc4c(c3)oc3c(-c5cccc(-c6ccccc6)c5)nc(-c5cccc(-c6ccc7c8ccccc8c8ccccc8c7c6)c5)nc34)c2)cc1. The van der Waals surface area contributed by atoms with Gasteiger partial charge in [0.05, 0.1) is 0 Å². The summed E-state index contributed by atoms with van der Waals surface area (Å²) < 4.78 is 6.83. The van der Waals surface area contributed by atoms with E-state index in [1.165, 1.54) is 43.4 Å². The molecule has 12 rings (SSSR count). The predicted molar refractivity (Wildman–Crippen MR) is 254 cm³/mol. The Hall–Kier alpha value is -8.14. The molecule has 3 heteroatoms. The van der Waals surface area contributed by atoms with Gasteiger partial charge in [-0.15, -0.1) is 0 Å². The summed E-state index contributed by atoms with van der Waals surface area (Å²) in [5, 5.41) is 8.51. The first-order chi connectivity index (χ1) is 30.2. The molecule has 284 valence electrons. The first kappa shape index (κ1) is 34.9. The molecule has 0 aliphatic heterocycles. The fourth-order valence-electron chi connectivity index (χ4n) is 9.06.